The number of hydrogen-bond donors (Lipinski definition) is 2. The summed E-state index contributed by atoms with van der Waals surface area (Å²) in [5.41, 5.74) is 3.50. The van der Waals surface area contributed by atoms with E-state index in [0.717, 1.165) is 5.56 Å². The molecule has 108 valence electrons. The number of benzene rings is 1. The Morgan fingerprint density at radius 1 is 1.26 bits per heavy atom. The van der Waals surface area contributed by atoms with Crippen molar-refractivity contribution in [1.82, 2.24) is 5.43 Å². The Labute approximate surface area is 118 Å². The van der Waals surface area contributed by atoms with Gasteiger partial charge in [0.1, 0.15) is 11.8 Å². The van der Waals surface area contributed by atoms with Crippen LogP contribution in [0, 0.1) is 0 Å². The minimum atomic E-state index is -0.507. The summed E-state index contributed by atoms with van der Waals surface area (Å²) in [7, 11) is 1.59. The zero-order valence-electron chi connectivity index (χ0n) is 11.5. The van der Waals surface area contributed by atoms with E-state index < -0.39 is 6.29 Å². The Kier molecular flexibility index (Phi) is 7.12. The van der Waals surface area contributed by atoms with E-state index in [1.54, 1.807) is 25.3 Å². The van der Waals surface area contributed by atoms with Gasteiger partial charge in [0.15, 0.2) is 6.29 Å². The third-order valence-electron chi connectivity index (χ3n) is 2.64. The first-order chi connectivity index (χ1) is 9.17. The summed E-state index contributed by atoms with van der Waals surface area (Å²) in [5.74, 6) is 6.31. The van der Waals surface area contributed by atoms with Crippen LogP contribution in [0.25, 0.3) is 0 Å². The van der Waals surface area contributed by atoms with Gasteiger partial charge >= 0.3 is 0 Å². The monoisotopic (exact) mass is 288 g/mol. The highest BCUT2D eigenvalue weighted by molar-refractivity contribution is 6.30. The molecule has 0 saturated heterocycles. The van der Waals surface area contributed by atoms with Crippen molar-refractivity contribution in [1.29, 1.82) is 0 Å². The maximum atomic E-state index is 6.03. The molecule has 5 nitrogen and oxygen atoms in total. The lowest BCUT2D eigenvalue weighted by Gasteiger charge is -2.27. The fraction of sp³-hybridized carbons (Fsp3) is 0.538. The van der Waals surface area contributed by atoms with E-state index in [4.69, 9.17) is 31.7 Å². The molecule has 1 unspecified atom stereocenters. The number of methoxy groups -OCH3 is 1. The highest BCUT2D eigenvalue weighted by Crippen LogP contribution is 2.31. The van der Waals surface area contributed by atoms with Crippen LogP contribution in [0.1, 0.15) is 25.5 Å². The van der Waals surface area contributed by atoms with Crippen LogP contribution in [-0.4, -0.2) is 26.6 Å². The van der Waals surface area contributed by atoms with Crippen LogP contribution in [0.2, 0.25) is 5.02 Å². The van der Waals surface area contributed by atoms with Gasteiger partial charge in [-0.25, -0.2) is 5.43 Å². The second-order valence-electron chi connectivity index (χ2n) is 3.81. The zero-order valence-corrected chi connectivity index (χ0v) is 12.2. The van der Waals surface area contributed by atoms with Crippen LogP contribution in [0.4, 0.5) is 0 Å². The molecule has 1 aromatic rings. The highest BCUT2D eigenvalue weighted by atomic mass is 35.5. The molecule has 1 aromatic carbocycles. The number of nitrogens with two attached hydrogens (primary N) is 1. The summed E-state index contributed by atoms with van der Waals surface area (Å²) >= 11 is 6.03. The minimum absolute atomic E-state index is 0.367. The Balaban J connectivity index is 3.08. The van der Waals surface area contributed by atoms with Gasteiger partial charge in [-0.1, -0.05) is 11.6 Å². The largest absolute Gasteiger partial charge is 0.496 e. The van der Waals surface area contributed by atoms with Crippen molar-refractivity contribution in [2.45, 2.75) is 26.2 Å². The lowest BCUT2D eigenvalue weighted by atomic mass is 10.1. The van der Waals surface area contributed by atoms with Gasteiger partial charge in [-0.2, -0.15) is 0 Å². The number of nitrogens with one attached hydrogen (secondary N) is 1. The SMILES string of the molecule is CCOC(OCC)C(NN)c1cc(Cl)ccc1OC. The van der Waals surface area contributed by atoms with E-state index in [1.165, 1.54) is 0 Å². The highest BCUT2D eigenvalue weighted by Gasteiger charge is 2.26. The van der Waals surface area contributed by atoms with Crippen molar-refractivity contribution in [3.63, 3.8) is 0 Å². The molecule has 0 spiro atoms. The van der Waals surface area contributed by atoms with Gasteiger partial charge in [-0.15, -0.1) is 0 Å². The van der Waals surface area contributed by atoms with Crippen LogP contribution >= 0.6 is 11.6 Å². The average Bonchev–Trinajstić information content (AvgIpc) is 2.40. The Morgan fingerprint density at radius 3 is 2.37 bits per heavy atom. The third-order valence-corrected chi connectivity index (χ3v) is 2.88. The number of hydrogen-bond acceptors (Lipinski definition) is 5. The molecule has 6 heteroatoms. The zero-order chi connectivity index (χ0) is 14.3. The van der Waals surface area contributed by atoms with Gasteiger partial charge in [0, 0.05) is 23.8 Å². The molecule has 1 rings (SSSR count). The minimum Gasteiger partial charge on any atom is -0.496 e. The van der Waals surface area contributed by atoms with Crippen LogP contribution in [0.15, 0.2) is 18.2 Å². The predicted octanol–water partition coefficient (Wildman–Crippen LogP) is 2.25. The molecule has 0 bridgehead atoms. The number of halogens is 1. The van der Waals surface area contributed by atoms with Crippen LogP contribution in [0.3, 0.4) is 0 Å². The molecule has 3 N–H and O–H groups in total. The summed E-state index contributed by atoms with van der Waals surface area (Å²) in [6.45, 7) is 4.83. The van der Waals surface area contributed by atoms with E-state index in [-0.39, 0.29) is 6.04 Å². The van der Waals surface area contributed by atoms with Crippen molar-refractivity contribution >= 4 is 11.6 Å². The molecule has 0 aliphatic heterocycles. The van der Waals surface area contributed by atoms with Crippen molar-refractivity contribution in [3.8, 4) is 5.75 Å². The van der Waals surface area contributed by atoms with Crippen molar-refractivity contribution in [3.05, 3.63) is 28.8 Å². The molecule has 0 fully saturated rings. The Morgan fingerprint density at radius 2 is 1.89 bits per heavy atom. The van der Waals surface area contributed by atoms with Crippen molar-refractivity contribution in [2.24, 2.45) is 5.84 Å². The number of ether oxygens (including phenoxy) is 3. The van der Waals surface area contributed by atoms with E-state index in [1.807, 2.05) is 13.8 Å². The maximum Gasteiger partial charge on any atom is 0.178 e. The third kappa shape index (κ3) is 4.33. The fourth-order valence-electron chi connectivity index (χ4n) is 1.83. The van der Waals surface area contributed by atoms with Gasteiger partial charge in [-0.05, 0) is 32.0 Å². The normalized spacial score (nSPS) is 12.7. The van der Waals surface area contributed by atoms with Gasteiger partial charge in [0.2, 0.25) is 0 Å². The summed E-state index contributed by atoms with van der Waals surface area (Å²) in [4.78, 5) is 0. The van der Waals surface area contributed by atoms with E-state index in [0.29, 0.717) is 24.0 Å². The molecule has 0 aliphatic carbocycles. The summed E-state index contributed by atoms with van der Waals surface area (Å²) in [5, 5.41) is 0.600. The first-order valence-corrected chi connectivity index (χ1v) is 6.58. The van der Waals surface area contributed by atoms with Gasteiger partial charge in [-0.3, -0.25) is 5.84 Å². The smallest absolute Gasteiger partial charge is 0.178 e. The maximum absolute atomic E-state index is 6.03. The van der Waals surface area contributed by atoms with Gasteiger partial charge < -0.3 is 14.2 Å². The first-order valence-electron chi connectivity index (χ1n) is 6.20. The van der Waals surface area contributed by atoms with Crippen LogP contribution < -0.4 is 16.0 Å². The van der Waals surface area contributed by atoms with Crippen LogP contribution in [0.5, 0.6) is 5.75 Å². The van der Waals surface area contributed by atoms with Crippen molar-refractivity contribution in [2.75, 3.05) is 20.3 Å². The van der Waals surface area contributed by atoms with E-state index >= 15 is 0 Å². The summed E-state index contributed by atoms with van der Waals surface area (Å²) in [6, 6.07) is 4.97. The molecule has 0 saturated carbocycles. The Hall–Kier alpha value is -0.850. The topological polar surface area (TPSA) is 65.7 Å². The summed E-state index contributed by atoms with van der Waals surface area (Å²) in [6.07, 6.45) is -0.507. The standard InChI is InChI=1S/C13H21ClN2O3/c1-4-18-13(19-5-2)12(16-15)10-8-9(14)6-7-11(10)17-3/h6-8,12-13,16H,4-5,15H2,1-3H3. The quantitative estimate of drug-likeness (QED) is 0.436. The molecule has 19 heavy (non-hydrogen) atoms. The average molecular weight is 289 g/mol. The fourth-order valence-corrected chi connectivity index (χ4v) is 2.01. The number of hydrazine groups is 1. The molecule has 0 heterocycles. The second kappa shape index (κ2) is 8.35. The molecule has 0 radical (unpaired) electrons. The molecule has 0 aromatic heterocycles. The lowest BCUT2D eigenvalue weighted by molar-refractivity contribution is -0.155. The van der Waals surface area contributed by atoms with Crippen LogP contribution in [-0.2, 0) is 9.47 Å². The lowest BCUT2D eigenvalue weighted by Crippen LogP contribution is -2.39. The first kappa shape index (κ1) is 16.2. The van der Waals surface area contributed by atoms with E-state index in [9.17, 15) is 0 Å². The Bertz CT molecular complexity index is 384. The van der Waals surface area contributed by atoms with Gasteiger partial charge in [0.25, 0.3) is 0 Å². The predicted molar refractivity (Wildman–Crippen MR) is 75.1 cm³/mol. The van der Waals surface area contributed by atoms with Crippen molar-refractivity contribution < 1.29 is 14.2 Å². The molecule has 0 amide bonds. The molecule has 0 aliphatic rings. The summed E-state index contributed by atoms with van der Waals surface area (Å²) < 4.78 is 16.5. The molecular formula is C13H21ClN2O3. The molecule has 1 atom stereocenters. The second-order valence-corrected chi connectivity index (χ2v) is 4.25. The van der Waals surface area contributed by atoms with E-state index in [2.05, 4.69) is 5.43 Å². The number of rotatable bonds is 8. The molecular weight excluding hydrogens is 268 g/mol. The van der Waals surface area contributed by atoms with Gasteiger partial charge in [0.05, 0.1) is 7.11 Å².